The standard InChI is InChI=1S/C15H16N4O/c1-11-10-14(18-20-11)15-16-12(2)17-19(15)9-8-13-6-4-3-5-7-13/h3-7,10H,8-9H2,1-2H3. The van der Waals surface area contributed by atoms with Crippen LogP contribution in [0.2, 0.25) is 0 Å². The Morgan fingerprint density at radius 2 is 1.95 bits per heavy atom. The molecule has 0 atom stereocenters. The molecule has 2 aromatic heterocycles. The zero-order valence-electron chi connectivity index (χ0n) is 11.6. The molecule has 20 heavy (non-hydrogen) atoms. The van der Waals surface area contributed by atoms with Gasteiger partial charge in [-0.15, -0.1) is 0 Å². The molecular weight excluding hydrogens is 252 g/mol. The lowest BCUT2D eigenvalue weighted by Gasteiger charge is -2.04. The van der Waals surface area contributed by atoms with E-state index in [9.17, 15) is 0 Å². The van der Waals surface area contributed by atoms with Crippen molar-refractivity contribution in [2.45, 2.75) is 26.8 Å². The van der Waals surface area contributed by atoms with Gasteiger partial charge in [-0.25, -0.2) is 9.67 Å². The highest BCUT2D eigenvalue weighted by Crippen LogP contribution is 2.17. The smallest absolute Gasteiger partial charge is 0.180 e. The predicted octanol–water partition coefficient (Wildman–Crippen LogP) is 2.79. The molecule has 0 saturated carbocycles. The fourth-order valence-corrected chi connectivity index (χ4v) is 2.15. The minimum Gasteiger partial charge on any atom is -0.361 e. The molecular formula is C15H16N4O. The van der Waals surface area contributed by atoms with Crippen LogP contribution in [0.4, 0.5) is 0 Å². The lowest BCUT2D eigenvalue weighted by atomic mass is 10.1. The summed E-state index contributed by atoms with van der Waals surface area (Å²) in [4.78, 5) is 4.44. The molecule has 0 spiro atoms. The SMILES string of the molecule is Cc1nc(-c2cc(C)on2)n(CCc2ccccc2)n1. The summed E-state index contributed by atoms with van der Waals surface area (Å²) in [5, 5.41) is 8.45. The van der Waals surface area contributed by atoms with Crippen LogP contribution in [-0.2, 0) is 13.0 Å². The fraction of sp³-hybridized carbons (Fsp3) is 0.267. The van der Waals surface area contributed by atoms with E-state index in [1.54, 1.807) is 0 Å². The van der Waals surface area contributed by atoms with Crippen LogP contribution in [0.1, 0.15) is 17.1 Å². The Bertz CT molecular complexity index is 700. The van der Waals surface area contributed by atoms with Crippen molar-refractivity contribution >= 4 is 0 Å². The first-order valence-corrected chi connectivity index (χ1v) is 6.61. The lowest BCUT2D eigenvalue weighted by Crippen LogP contribution is -2.05. The van der Waals surface area contributed by atoms with E-state index in [1.807, 2.05) is 42.8 Å². The molecule has 0 N–H and O–H groups in total. The van der Waals surface area contributed by atoms with Gasteiger partial charge in [0.25, 0.3) is 0 Å². The van der Waals surface area contributed by atoms with Gasteiger partial charge in [0.2, 0.25) is 0 Å². The molecule has 5 heteroatoms. The second-order valence-corrected chi connectivity index (χ2v) is 4.76. The summed E-state index contributed by atoms with van der Waals surface area (Å²) < 4.78 is 7.00. The number of rotatable bonds is 4. The Morgan fingerprint density at radius 1 is 1.15 bits per heavy atom. The summed E-state index contributed by atoms with van der Waals surface area (Å²) in [6.07, 6.45) is 0.910. The molecule has 0 fully saturated rings. The van der Waals surface area contributed by atoms with Gasteiger partial charge in [0, 0.05) is 12.6 Å². The van der Waals surface area contributed by atoms with Crippen molar-refractivity contribution < 1.29 is 4.52 Å². The first-order chi connectivity index (χ1) is 9.72. The maximum atomic E-state index is 5.11. The highest BCUT2D eigenvalue weighted by Gasteiger charge is 2.13. The predicted molar refractivity (Wildman–Crippen MR) is 75.1 cm³/mol. The Labute approximate surface area is 117 Å². The van der Waals surface area contributed by atoms with Crippen molar-refractivity contribution in [3.63, 3.8) is 0 Å². The van der Waals surface area contributed by atoms with E-state index >= 15 is 0 Å². The largest absolute Gasteiger partial charge is 0.361 e. The van der Waals surface area contributed by atoms with Crippen molar-refractivity contribution in [1.82, 2.24) is 19.9 Å². The summed E-state index contributed by atoms with van der Waals surface area (Å²) in [6.45, 7) is 4.52. The third-order valence-corrected chi connectivity index (χ3v) is 3.09. The van der Waals surface area contributed by atoms with Gasteiger partial charge < -0.3 is 4.52 Å². The molecule has 0 aliphatic carbocycles. The number of aromatic nitrogens is 4. The van der Waals surface area contributed by atoms with Gasteiger partial charge in [-0.1, -0.05) is 35.5 Å². The summed E-state index contributed by atoms with van der Waals surface area (Å²) in [5.41, 5.74) is 2.01. The topological polar surface area (TPSA) is 56.7 Å². The number of aryl methyl sites for hydroxylation is 4. The average Bonchev–Trinajstić information content (AvgIpc) is 3.03. The molecule has 3 aromatic rings. The van der Waals surface area contributed by atoms with E-state index in [0.717, 1.165) is 36.1 Å². The summed E-state index contributed by atoms with van der Waals surface area (Å²) >= 11 is 0. The first kappa shape index (κ1) is 12.6. The zero-order valence-corrected chi connectivity index (χ0v) is 11.6. The van der Waals surface area contributed by atoms with Crippen LogP contribution in [0.15, 0.2) is 40.9 Å². The molecule has 5 nitrogen and oxygen atoms in total. The molecule has 0 radical (unpaired) electrons. The minimum atomic E-state index is 0.733. The van der Waals surface area contributed by atoms with Crippen molar-refractivity contribution in [2.24, 2.45) is 0 Å². The molecule has 3 rings (SSSR count). The number of nitrogens with zero attached hydrogens (tertiary/aromatic N) is 4. The van der Waals surface area contributed by atoms with E-state index in [1.165, 1.54) is 5.56 Å². The third-order valence-electron chi connectivity index (χ3n) is 3.09. The molecule has 0 aliphatic heterocycles. The van der Waals surface area contributed by atoms with E-state index in [2.05, 4.69) is 27.4 Å². The maximum absolute atomic E-state index is 5.11. The van der Waals surface area contributed by atoms with Gasteiger partial charge in [-0.2, -0.15) is 5.10 Å². The van der Waals surface area contributed by atoms with Gasteiger partial charge in [0.1, 0.15) is 11.6 Å². The number of hydrogen-bond acceptors (Lipinski definition) is 4. The van der Waals surface area contributed by atoms with Crippen LogP contribution in [-0.4, -0.2) is 19.9 Å². The van der Waals surface area contributed by atoms with Gasteiger partial charge in [-0.05, 0) is 25.8 Å². The van der Waals surface area contributed by atoms with E-state index < -0.39 is 0 Å². The summed E-state index contributed by atoms with van der Waals surface area (Å²) in [5.74, 6) is 2.28. The third kappa shape index (κ3) is 2.61. The highest BCUT2D eigenvalue weighted by molar-refractivity contribution is 5.48. The van der Waals surface area contributed by atoms with Gasteiger partial charge in [-0.3, -0.25) is 0 Å². The monoisotopic (exact) mass is 268 g/mol. The van der Waals surface area contributed by atoms with Gasteiger partial charge in [0.15, 0.2) is 11.5 Å². The molecule has 0 amide bonds. The Hall–Kier alpha value is -2.43. The molecule has 0 bridgehead atoms. The van der Waals surface area contributed by atoms with Crippen LogP contribution in [0, 0.1) is 13.8 Å². The normalized spacial score (nSPS) is 10.9. The van der Waals surface area contributed by atoms with E-state index in [-0.39, 0.29) is 0 Å². The van der Waals surface area contributed by atoms with Crippen molar-refractivity contribution in [3.05, 3.63) is 53.5 Å². The van der Waals surface area contributed by atoms with E-state index in [4.69, 9.17) is 4.52 Å². The number of benzene rings is 1. The average molecular weight is 268 g/mol. The number of hydrogen-bond donors (Lipinski definition) is 0. The lowest BCUT2D eigenvalue weighted by molar-refractivity contribution is 0.398. The Kier molecular flexibility index (Phi) is 3.33. The van der Waals surface area contributed by atoms with Crippen molar-refractivity contribution in [1.29, 1.82) is 0 Å². The molecule has 1 aromatic carbocycles. The molecule has 2 heterocycles. The second-order valence-electron chi connectivity index (χ2n) is 4.76. The van der Waals surface area contributed by atoms with Crippen LogP contribution in [0.25, 0.3) is 11.5 Å². The van der Waals surface area contributed by atoms with Crippen LogP contribution in [0.3, 0.4) is 0 Å². The Balaban J connectivity index is 1.83. The molecule has 102 valence electrons. The zero-order chi connectivity index (χ0) is 13.9. The fourth-order valence-electron chi connectivity index (χ4n) is 2.15. The minimum absolute atomic E-state index is 0.733. The van der Waals surface area contributed by atoms with Crippen LogP contribution < -0.4 is 0 Å². The summed E-state index contributed by atoms with van der Waals surface area (Å²) in [7, 11) is 0. The van der Waals surface area contributed by atoms with Crippen LogP contribution >= 0.6 is 0 Å². The quantitative estimate of drug-likeness (QED) is 0.730. The molecule has 0 aliphatic rings. The Morgan fingerprint density at radius 3 is 2.65 bits per heavy atom. The van der Waals surface area contributed by atoms with Crippen molar-refractivity contribution in [3.8, 4) is 11.5 Å². The first-order valence-electron chi connectivity index (χ1n) is 6.61. The maximum Gasteiger partial charge on any atom is 0.180 e. The summed E-state index contributed by atoms with van der Waals surface area (Å²) in [6, 6.07) is 12.2. The van der Waals surface area contributed by atoms with E-state index in [0.29, 0.717) is 0 Å². The highest BCUT2D eigenvalue weighted by atomic mass is 16.5. The molecule has 0 saturated heterocycles. The second kappa shape index (κ2) is 5.28. The van der Waals surface area contributed by atoms with Crippen LogP contribution in [0.5, 0.6) is 0 Å². The molecule has 0 unspecified atom stereocenters. The van der Waals surface area contributed by atoms with Gasteiger partial charge >= 0.3 is 0 Å². The van der Waals surface area contributed by atoms with Gasteiger partial charge in [0.05, 0.1) is 0 Å². The van der Waals surface area contributed by atoms with Crippen molar-refractivity contribution in [2.75, 3.05) is 0 Å².